The molecule has 0 atom stereocenters. The van der Waals surface area contributed by atoms with Crippen molar-refractivity contribution in [2.45, 2.75) is 19.6 Å². The molecule has 28 heavy (non-hydrogen) atoms. The minimum Gasteiger partial charge on any atom is -0.497 e. The van der Waals surface area contributed by atoms with Gasteiger partial charge in [-0.3, -0.25) is 9.88 Å². The Morgan fingerprint density at radius 3 is 1.82 bits per heavy atom. The summed E-state index contributed by atoms with van der Waals surface area (Å²) < 4.78 is 16.1. The Balaban J connectivity index is 1.80. The number of rotatable bonds is 9. The molecule has 0 spiro atoms. The van der Waals surface area contributed by atoms with E-state index < -0.39 is 0 Å². The Morgan fingerprint density at radius 2 is 1.21 bits per heavy atom. The van der Waals surface area contributed by atoms with Crippen molar-refractivity contribution in [2.24, 2.45) is 0 Å². The van der Waals surface area contributed by atoms with Crippen LogP contribution in [0.15, 0.2) is 67.0 Å². The van der Waals surface area contributed by atoms with E-state index in [9.17, 15) is 0 Å². The number of hydrogen-bond donors (Lipinski definition) is 0. The second-order valence-electron chi connectivity index (χ2n) is 6.54. The summed E-state index contributed by atoms with van der Waals surface area (Å²) >= 11 is 0. The summed E-state index contributed by atoms with van der Waals surface area (Å²) in [4.78, 5) is 6.51. The third-order valence-electron chi connectivity index (χ3n) is 4.57. The van der Waals surface area contributed by atoms with Gasteiger partial charge >= 0.3 is 0 Å². The van der Waals surface area contributed by atoms with Gasteiger partial charge in [-0.15, -0.1) is 0 Å². The highest BCUT2D eigenvalue weighted by Gasteiger charge is 2.11. The normalized spacial score (nSPS) is 10.7. The number of aromatic nitrogens is 1. The van der Waals surface area contributed by atoms with Crippen molar-refractivity contribution < 1.29 is 14.2 Å². The van der Waals surface area contributed by atoms with E-state index >= 15 is 0 Å². The first-order valence-electron chi connectivity index (χ1n) is 9.17. The van der Waals surface area contributed by atoms with Gasteiger partial charge in [0, 0.05) is 32.0 Å². The second kappa shape index (κ2) is 9.76. The van der Waals surface area contributed by atoms with Gasteiger partial charge in [0.05, 0.1) is 21.3 Å². The maximum Gasteiger partial charge on any atom is 0.161 e. The summed E-state index contributed by atoms with van der Waals surface area (Å²) in [6.45, 7) is 2.43. The Hall–Kier alpha value is -3.05. The molecule has 3 rings (SSSR count). The van der Waals surface area contributed by atoms with Gasteiger partial charge in [-0.05, 0) is 53.1 Å². The van der Waals surface area contributed by atoms with Crippen LogP contribution in [0.1, 0.15) is 16.7 Å². The van der Waals surface area contributed by atoms with Crippen LogP contribution < -0.4 is 14.2 Å². The fourth-order valence-electron chi connectivity index (χ4n) is 3.14. The third kappa shape index (κ3) is 5.24. The van der Waals surface area contributed by atoms with Crippen LogP contribution in [0, 0.1) is 0 Å². The Bertz CT molecular complexity index is 867. The molecule has 0 aliphatic rings. The van der Waals surface area contributed by atoms with Crippen molar-refractivity contribution in [1.82, 2.24) is 9.88 Å². The summed E-state index contributed by atoms with van der Waals surface area (Å²) in [5.41, 5.74) is 3.62. The summed E-state index contributed by atoms with van der Waals surface area (Å²) in [5.74, 6) is 2.35. The van der Waals surface area contributed by atoms with Crippen molar-refractivity contribution in [2.75, 3.05) is 21.3 Å². The van der Waals surface area contributed by atoms with Crippen molar-refractivity contribution in [1.29, 1.82) is 0 Å². The Kier molecular flexibility index (Phi) is 6.87. The van der Waals surface area contributed by atoms with E-state index in [0.29, 0.717) is 0 Å². The average Bonchev–Trinajstić information content (AvgIpc) is 2.75. The fourth-order valence-corrected chi connectivity index (χ4v) is 3.14. The lowest BCUT2D eigenvalue weighted by atomic mass is 10.1. The summed E-state index contributed by atoms with van der Waals surface area (Å²) in [5, 5.41) is 0. The summed E-state index contributed by atoms with van der Waals surface area (Å²) in [7, 11) is 4.99. The van der Waals surface area contributed by atoms with Gasteiger partial charge in [0.15, 0.2) is 11.5 Å². The highest BCUT2D eigenvalue weighted by Crippen LogP contribution is 2.28. The maximum atomic E-state index is 5.45. The lowest BCUT2D eigenvalue weighted by Gasteiger charge is -2.23. The van der Waals surface area contributed by atoms with Gasteiger partial charge in [-0.1, -0.05) is 18.2 Å². The first-order chi connectivity index (χ1) is 13.7. The Morgan fingerprint density at radius 1 is 0.643 bits per heavy atom. The zero-order chi connectivity index (χ0) is 19.8. The predicted molar refractivity (Wildman–Crippen MR) is 110 cm³/mol. The zero-order valence-electron chi connectivity index (χ0n) is 16.6. The molecule has 1 heterocycles. The molecule has 5 heteroatoms. The quantitative estimate of drug-likeness (QED) is 0.555. The minimum atomic E-state index is 0.738. The second-order valence-corrected chi connectivity index (χ2v) is 6.54. The van der Waals surface area contributed by atoms with Crippen LogP contribution in [0.25, 0.3) is 0 Å². The molecular weight excluding hydrogens is 352 g/mol. The van der Waals surface area contributed by atoms with E-state index in [0.717, 1.165) is 36.9 Å². The molecular formula is C23H26N2O3. The van der Waals surface area contributed by atoms with E-state index in [2.05, 4.69) is 40.2 Å². The van der Waals surface area contributed by atoms with Crippen LogP contribution >= 0.6 is 0 Å². The number of pyridine rings is 1. The standard InChI is InChI=1S/C23H26N2O3/c1-26-21-7-4-18(5-8-21)15-25(16-19-10-12-24-13-11-19)17-20-6-9-22(27-2)23(14-20)28-3/h4-14H,15-17H2,1-3H3. The summed E-state index contributed by atoms with van der Waals surface area (Å²) in [6.07, 6.45) is 3.66. The van der Waals surface area contributed by atoms with Crippen LogP contribution in [-0.2, 0) is 19.6 Å². The molecule has 0 amide bonds. The number of benzene rings is 2. The molecule has 5 nitrogen and oxygen atoms in total. The van der Waals surface area contributed by atoms with Crippen LogP contribution in [0.3, 0.4) is 0 Å². The van der Waals surface area contributed by atoms with Crippen molar-refractivity contribution in [3.05, 3.63) is 83.7 Å². The van der Waals surface area contributed by atoms with Crippen LogP contribution in [-0.4, -0.2) is 31.2 Å². The molecule has 146 valence electrons. The first-order valence-corrected chi connectivity index (χ1v) is 9.17. The summed E-state index contributed by atoms with van der Waals surface area (Å²) in [6, 6.07) is 18.4. The Labute approximate surface area is 166 Å². The van der Waals surface area contributed by atoms with E-state index in [-0.39, 0.29) is 0 Å². The topological polar surface area (TPSA) is 43.8 Å². The van der Waals surface area contributed by atoms with Crippen LogP contribution in [0.5, 0.6) is 17.2 Å². The van der Waals surface area contributed by atoms with Gasteiger partial charge in [0.2, 0.25) is 0 Å². The number of methoxy groups -OCH3 is 3. The average molecular weight is 378 g/mol. The number of hydrogen-bond acceptors (Lipinski definition) is 5. The maximum absolute atomic E-state index is 5.45. The molecule has 2 aromatic carbocycles. The number of nitrogens with zero attached hydrogens (tertiary/aromatic N) is 2. The molecule has 0 saturated carbocycles. The molecule has 0 bridgehead atoms. The molecule has 0 aliphatic carbocycles. The molecule has 0 aliphatic heterocycles. The smallest absolute Gasteiger partial charge is 0.161 e. The molecule has 0 saturated heterocycles. The molecule has 1 aromatic heterocycles. The van der Waals surface area contributed by atoms with E-state index in [1.54, 1.807) is 21.3 Å². The first kappa shape index (κ1) is 19.7. The minimum absolute atomic E-state index is 0.738. The highest BCUT2D eigenvalue weighted by molar-refractivity contribution is 5.43. The lowest BCUT2D eigenvalue weighted by Crippen LogP contribution is -2.22. The van der Waals surface area contributed by atoms with E-state index in [1.807, 2.05) is 36.7 Å². The lowest BCUT2D eigenvalue weighted by molar-refractivity contribution is 0.247. The molecule has 0 radical (unpaired) electrons. The van der Waals surface area contributed by atoms with Gasteiger partial charge in [-0.25, -0.2) is 0 Å². The number of ether oxygens (including phenoxy) is 3. The molecule has 3 aromatic rings. The molecule has 0 unspecified atom stereocenters. The van der Waals surface area contributed by atoms with Gasteiger partial charge in [0.25, 0.3) is 0 Å². The van der Waals surface area contributed by atoms with Gasteiger partial charge in [-0.2, -0.15) is 0 Å². The monoisotopic (exact) mass is 378 g/mol. The molecule has 0 fully saturated rings. The zero-order valence-corrected chi connectivity index (χ0v) is 16.6. The molecule has 0 N–H and O–H groups in total. The predicted octanol–water partition coefficient (Wildman–Crippen LogP) is 4.31. The van der Waals surface area contributed by atoms with E-state index in [4.69, 9.17) is 14.2 Å². The van der Waals surface area contributed by atoms with Crippen LogP contribution in [0.2, 0.25) is 0 Å². The van der Waals surface area contributed by atoms with Crippen LogP contribution in [0.4, 0.5) is 0 Å². The van der Waals surface area contributed by atoms with E-state index in [1.165, 1.54) is 16.7 Å². The fraction of sp³-hybridized carbons (Fsp3) is 0.261. The SMILES string of the molecule is COc1ccc(CN(Cc2ccncc2)Cc2ccc(OC)c(OC)c2)cc1. The third-order valence-corrected chi connectivity index (χ3v) is 4.57. The van der Waals surface area contributed by atoms with Crippen molar-refractivity contribution in [3.63, 3.8) is 0 Å². The highest BCUT2D eigenvalue weighted by atomic mass is 16.5. The van der Waals surface area contributed by atoms with Crippen molar-refractivity contribution >= 4 is 0 Å². The largest absolute Gasteiger partial charge is 0.497 e. The van der Waals surface area contributed by atoms with Gasteiger partial charge in [0.1, 0.15) is 5.75 Å². The van der Waals surface area contributed by atoms with Crippen molar-refractivity contribution in [3.8, 4) is 17.2 Å². The van der Waals surface area contributed by atoms with Gasteiger partial charge < -0.3 is 14.2 Å².